The van der Waals surface area contributed by atoms with E-state index in [2.05, 4.69) is 24.5 Å². The van der Waals surface area contributed by atoms with Gasteiger partial charge in [-0.15, -0.1) is 0 Å². The molecule has 0 aliphatic carbocycles. The van der Waals surface area contributed by atoms with E-state index in [4.69, 9.17) is 4.74 Å². The van der Waals surface area contributed by atoms with E-state index in [1.807, 2.05) is 0 Å². The van der Waals surface area contributed by atoms with Crippen LogP contribution in [0, 0.1) is 0 Å². The monoisotopic (exact) mass is 320 g/mol. The fraction of sp³-hybridized carbons (Fsp3) is 0.529. The van der Waals surface area contributed by atoms with Gasteiger partial charge in [0.2, 0.25) is 5.91 Å². The van der Waals surface area contributed by atoms with Gasteiger partial charge in [0, 0.05) is 18.2 Å². The molecule has 1 heterocycles. The zero-order chi connectivity index (χ0) is 16.9. The van der Waals surface area contributed by atoms with Crippen LogP contribution < -0.4 is 15.5 Å². The highest BCUT2D eigenvalue weighted by Gasteiger charge is 2.32. The van der Waals surface area contributed by atoms with Gasteiger partial charge >= 0.3 is 0 Å². The standard InChI is InChI=1S/C17H25N3O3/c1-13(21)19-15-6-4-14(5-7-15)16(22)18-12-17(2,3)20-8-10-23-11-9-20/h4-7H,8-12H2,1-3H3,(H,18,22)(H,19,21)/p+1. The van der Waals surface area contributed by atoms with Crippen LogP contribution in [0.5, 0.6) is 0 Å². The lowest BCUT2D eigenvalue weighted by atomic mass is 10.0. The lowest BCUT2D eigenvalue weighted by Gasteiger charge is -2.37. The summed E-state index contributed by atoms with van der Waals surface area (Å²) in [4.78, 5) is 24.7. The molecule has 23 heavy (non-hydrogen) atoms. The summed E-state index contributed by atoms with van der Waals surface area (Å²) in [6.45, 7) is 9.87. The van der Waals surface area contributed by atoms with Gasteiger partial charge in [-0.3, -0.25) is 9.59 Å². The number of carbonyl (C=O) groups excluding carboxylic acids is 2. The van der Waals surface area contributed by atoms with Crippen molar-refractivity contribution in [2.24, 2.45) is 0 Å². The fourth-order valence-corrected chi connectivity index (χ4v) is 2.73. The zero-order valence-corrected chi connectivity index (χ0v) is 14.1. The molecule has 0 bridgehead atoms. The molecule has 6 heteroatoms. The van der Waals surface area contributed by atoms with Crippen LogP contribution in [0.4, 0.5) is 5.69 Å². The molecule has 126 valence electrons. The minimum atomic E-state index is -0.127. The number of hydrogen-bond acceptors (Lipinski definition) is 3. The van der Waals surface area contributed by atoms with Gasteiger partial charge < -0.3 is 20.3 Å². The summed E-state index contributed by atoms with van der Waals surface area (Å²) in [7, 11) is 0. The lowest BCUT2D eigenvalue weighted by molar-refractivity contribution is -0.954. The highest BCUT2D eigenvalue weighted by molar-refractivity contribution is 5.95. The number of amides is 2. The molecule has 1 saturated heterocycles. The number of morpholine rings is 1. The fourth-order valence-electron chi connectivity index (χ4n) is 2.73. The van der Waals surface area contributed by atoms with Crippen molar-refractivity contribution >= 4 is 17.5 Å². The van der Waals surface area contributed by atoms with E-state index in [-0.39, 0.29) is 17.4 Å². The van der Waals surface area contributed by atoms with E-state index in [1.165, 1.54) is 11.8 Å². The van der Waals surface area contributed by atoms with Gasteiger partial charge in [0.15, 0.2) is 0 Å². The predicted octanol–water partition coefficient (Wildman–Crippen LogP) is 0.0685. The summed E-state index contributed by atoms with van der Waals surface area (Å²) >= 11 is 0. The average molecular weight is 320 g/mol. The molecule has 1 aliphatic heterocycles. The Kier molecular flexibility index (Phi) is 5.74. The van der Waals surface area contributed by atoms with Gasteiger partial charge in [-0.25, -0.2) is 0 Å². The van der Waals surface area contributed by atoms with Gasteiger partial charge in [0.25, 0.3) is 5.91 Å². The van der Waals surface area contributed by atoms with Crippen molar-refractivity contribution in [3.05, 3.63) is 29.8 Å². The molecule has 0 radical (unpaired) electrons. The normalized spacial score (nSPS) is 16.0. The number of quaternary nitrogens is 1. The van der Waals surface area contributed by atoms with Gasteiger partial charge in [-0.05, 0) is 38.1 Å². The number of nitrogens with one attached hydrogen (secondary N) is 3. The minimum absolute atomic E-state index is 0.0322. The molecule has 1 fully saturated rings. The summed E-state index contributed by atoms with van der Waals surface area (Å²) in [5.74, 6) is -0.224. The van der Waals surface area contributed by atoms with E-state index in [9.17, 15) is 9.59 Å². The van der Waals surface area contributed by atoms with Crippen molar-refractivity contribution in [2.75, 3.05) is 38.2 Å². The van der Waals surface area contributed by atoms with Crippen LogP contribution >= 0.6 is 0 Å². The first-order valence-electron chi connectivity index (χ1n) is 7.97. The Bertz CT molecular complexity index is 549. The molecule has 3 N–H and O–H groups in total. The van der Waals surface area contributed by atoms with Crippen LogP contribution in [0.3, 0.4) is 0 Å². The zero-order valence-electron chi connectivity index (χ0n) is 14.1. The van der Waals surface area contributed by atoms with E-state index in [0.29, 0.717) is 17.8 Å². The molecule has 1 aromatic rings. The van der Waals surface area contributed by atoms with Crippen LogP contribution in [0.25, 0.3) is 0 Å². The molecule has 1 aromatic carbocycles. The molecule has 0 atom stereocenters. The van der Waals surface area contributed by atoms with Crippen molar-refractivity contribution in [3.8, 4) is 0 Å². The van der Waals surface area contributed by atoms with E-state index in [1.54, 1.807) is 24.3 Å². The average Bonchev–Trinajstić information content (AvgIpc) is 2.54. The maximum atomic E-state index is 12.3. The molecule has 0 saturated carbocycles. The molecular weight excluding hydrogens is 294 g/mol. The van der Waals surface area contributed by atoms with Gasteiger partial charge in [-0.1, -0.05) is 0 Å². The first kappa shape index (κ1) is 17.4. The Morgan fingerprint density at radius 2 is 1.78 bits per heavy atom. The smallest absolute Gasteiger partial charge is 0.251 e. The highest BCUT2D eigenvalue weighted by Crippen LogP contribution is 2.09. The second kappa shape index (κ2) is 7.57. The maximum absolute atomic E-state index is 12.3. The van der Waals surface area contributed by atoms with Gasteiger partial charge in [-0.2, -0.15) is 0 Å². The van der Waals surface area contributed by atoms with E-state index in [0.717, 1.165) is 26.3 Å². The SMILES string of the molecule is CC(=O)Nc1ccc(C(=O)NCC(C)(C)[NH+]2CCOCC2)cc1. The van der Waals surface area contributed by atoms with Crippen molar-refractivity contribution < 1.29 is 19.2 Å². The van der Waals surface area contributed by atoms with Gasteiger partial charge in [0.05, 0.1) is 19.8 Å². The Morgan fingerprint density at radius 1 is 1.17 bits per heavy atom. The summed E-state index contributed by atoms with van der Waals surface area (Å²) < 4.78 is 5.39. The van der Waals surface area contributed by atoms with Crippen molar-refractivity contribution in [1.82, 2.24) is 5.32 Å². The Hall–Kier alpha value is -1.92. The van der Waals surface area contributed by atoms with Crippen molar-refractivity contribution in [3.63, 3.8) is 0 Å². The minimum Gasteiger partial charge on any atom is -0.370 e. The molecule has 2 rings (SSSR count). The van der Waals surface area contributed by atoms with Crippen LogP contribution in [-0.4, -0.2) is 50.2 Å². The molecule has 0 unspecified atom stereocenters. The Morgan fingerprint density at radius 3 is 2.35 bits per heavy atom. The van der Waals surface area contributed by atoms with Crippen LogP contribution in [0.15, 0.2) is 24.3 Å². The molecule has 0 spiro atoms. The number of anilines is 1. The second-order valence-corrected chi connectivity index (χ2v) is 6.54. The van der Waals surface area contributed by atoms with E-state index < -0.39 is 0 Å². The summed E-state index contributed by atoms with van der Waals surface area (Å²) in [5, 5.41) is 5.69. The number of ether oxygens (including phenoxy) is 1. The first-order valence-corrected chi connectivity index (χ1v) is 7.97. The lowest BCUT2D eigenvalue weighted by Crippen LogP contribution is -3.22. The number of carbonyl (C=O) groups is 2. The topological polar surface area (TPSA) is 71.9 Å². The van der Waals surface area contributed by atoms with E-state index >= 15 is 0 Å². The van der Waals surface area contributed by atoms with Crippen molar-refractivity contribution in [2.45, 2.75) is 26.3 Å². The molecule has 0 aromatic heterocycles. The van der Waals surface area contributed by atoms with Crippen LogP contribution in [-0.2, 0) is 9.53 Å². The summed E-state index contributed by atoms with van der Waals surface area (Å²) in [5.41, 5.74) is 1.24. The highest BCUT2D eigenvalue weighted by atomic mass is 16.5. The van der Waals surface area contributed by atoms with Crippen LogP contribution in [0.2, 0.25) is 0 Å². The molecule has 2 amide bonds. The number of benzene rings is 1. The predicted molar refractivity (Wildman–Crippen MR) is 88.7 cm³/mol. The third-order valence-electron chi connectivity index (χ3n) is 4.21. The molecule has 6 nitrogen and oxygen atoms in total. The Balaban J connectivity index is 1.89. The second-order valence-electron chi connectivity index (χ2n) is 6.54. The number of hydrogen-bond donors (Lipinski definition) is 3. The summed E-state index contributed by atoms with van der Waals surface area (Å²) in [6, 6.07) is 6.90. The molecule has 1 aliphatic rings. The Labute approximate surface area is 137 Å². The third-order valence-corrected chi connectivity index (χ3v) is 4.21. The summed E-state index contributed by atoms with van der Waals surface area (Å²) in [6.07, 6.45) is 0. The van der Waals surface area contributed by atoms with Crippen LogP contribution in [0.1, 0.15) is 31.1 Å². The largest absolute Gasteiger partial charge is 0.370 e. The first-order chi connectivity index (χ1) is 10.9. The quantitative estimate of drug-likeness (QED) is 0.719. The third kappa shape index (κ3) is 5.04. The number of rotatable bonds is 5. The van der Waals surface area contributed by atoms with Gasteiger partial charge in [0.1, 0.15) is 18.6 Å². The maximum Gasteiger partial charge on any atom is 0.251 e. The molecular formula is C17H26N3O3+. The van der Waals surface area contributed by atoms with Crippen molar-refractivity contribution in [1.29, 1.82) is 0 Å².